The van der Waals surface area contributed by atoms with Gasteiger partial charge in [0.1, 0.15) is 5.82 Å². The van der Waals surface area contributed by atoms with Crippen LogP contribution < -0.4 is 5.32 Å². The maximum absolute atomic E-state index is 9.40. The molecule has 0 aliphatic heterocycles. The van der Waals surface area contributed by atoms with Gasteiger partial charge < -0.3 is 10.4 Å². The fourth-order valence-corrected chi connectivity index (χ4v) is 2.12. The minimum Gasteiger partial charge on any atom is -0.393 e. The second-order valence-electron chi connectivity index (χ2n) is 4.38. The summed E-state index contributed by atoms with van der Waals surface area (Å²) < 4.78 is 0. The second kappa shape index (κ2) is 4.62. The van der Waals surface area contributed by atoms with Crippen LogP contribution in [0.3, 0.4) is 0 Å². The average Bonchev–Trinajstić information content (AvgIpc) is 2.62. The lowest BCUT2D eigenvalue weighted by molar-refractivity contribution is 0.178. The van der Waals surface area contributed by atoms with E-state index in [1.807, 2.05) is 25.1 Å². The molecule has 1 heterocycles. The molecule has 2 rings (SSSR count). The first-order chi connectivity index (χ1) is 7.24. The summed E-state index contributed by atoms with van der Waals surface area (Å²) in [4.78, 5) is 4.38. The van der Waals surface area contributed by atoms with E-state index in [-0.39, 0.29) is 6.10 Å². The average molecular weight is 206 g/mol. The monoisotopic (exact) mass is 206 g/mol. The van der Waals surface area contributed by atoms with E-state index in [4.69, 9.17) is 0 Å². The molecule has 3 nitrogen and oxygen atoms in total. The van der Waals surface area contributed by atoms with Gasteiger partial charge in [-0.25, -0.2) is 4.98 Å². The van der Waals surface area contributed by atoms with Crippen LogP contribution in [0, 0.1) is 12.8 Å². The molecule has 1 fully saturated rings. The van der Waals surface area contributed by atoms with E-state index in [1.54, 1.807) is 0 Å². The van der Waals surface area contributed by atoms with Gasteiger partial charge in [-0.15, -0.1) is 0 Å². The maximum Gasteiger partial charge on any atom is 0.126 e. The van der Waals surface area contributed by atoms with Crippen molar-refractivity contribution in [2.45, 2.75) is 32.3 Å². The lowest BCUT2D eigenvalue weighted by Crippen LogP contribution is -2.13. The van der Waals surface area contributed by atoms with Crippen molar-refractivity contribution in [3.8, 4) is 0 Å². The molecule has 15 heavy (non-hydrogen) atoms. The highest BCUT2D eigenvalue weighted by molar-refractivity contribution is 5.35. The smallest absolute Gasteiger partial charge is 0.126 e. The van der Waals surface area contributed by atoms with E-state index < -0.39 is 0 Å². The summed E-state index contributed by atoms with van der Waals surface area (Å²) in [5, 5.41) is 12.7. The van der Waals surface area contributed by atoms with Gasteiger partial charge >= 0.3 is 0 Å². The molecule has 0 spiro atoms. The summed E-state index contributed by atoms with van der Waals surface area (Å²) >= 11 is 0. The van der Waals surface area contributed by atoms with Crippen molar-refractivity contribution in [1.29, 1.82) is 0 Å². The first-order valence-corrected chi connectivity index (χ1v) is 5.59. The highest BCUT2D eigenvalue weighted by Gasteiger charge is 2.22. The van der Waals surface area contributed by atoms with Crippen LogP contribution in [0.4, 0.5) is 5.82 Å². The molecule has 0 radical (unpaired) electrons. The van der Waals surface area contributed by atoms with E-state index in [9.17, 15) is 5.11 Å². The third-order valence-corrected chi connectivity index (χ3v) is 2.97. The number of hydrogen-bond donors (Lipinski definition) is 2. The zero-order valence-corrected chi connectivity index (χ0v) is 9.11. The molecule has 2 N–H and O–H groups in total. The molecular weight excluding hydrogens is 188 g/mol. The summed E-state index contributed by atoms with van der Waals surface area (Å²) in [7, 11) is 0. The highest BCUT2D eigenvalue weighted by Crippen LogP contribution is 2.25. The van der Waals surface area contributed by atoms with Gasteiger partial charge in [0, 0.05) is 12.2 Å². The van der Waals surface area contributed by atoms with Crippen molar-refractivity contribution in [2.75, 3.05) is 11.9 Å². The number of aromatic nitrogens is 1. The largest absolute Gasteiger partial charge is 0.393 e. The Labute approximate surface area is 90.5 Å². The third kappa shape index (κ3) is 2.93. The Morgan fingerprint density at radius 2 is 2.33 bits per heavy atom. The first kappa shape index (κ1) is 10.4. The molecule has 1 aliphatic carbocycles. The topological polar surface area (TPSA) is 45.1 Å². The number of pyridine rings is 1. The quantitative estimate of drug-likeness (QED) is 0.794. The van der Waals surface area contributed by atoms with Gasteiger partial charge in [0.15, 0.2) is 0 Å². The van der Waals surface area contributed by atoms with E-state index in [2.05, 4.69) is 10.3 Å². The SMILES string of the molecule is Cc1cccc(NCC2CCC(O)C2)n1. The summed E-state index contributed by atoms with van der Waals surface area (Å²) in [6, 6.07) is 5.98. The summed E-state index contributed by atoms with van der Waals surface area (Å²) in [5.41, 5.74) is 1.03. The molecule has 0 bridgehead atoms. The van der Waals surface area contributed by atoms with E-state index in [0.717, 1.165) is 37.3 Å². The highest BCUT2D eigenvalue weighted by atomic mass is 16.3. The molecule has 82 valence electrons. The fourth-order valence-electron chi connectivity index (χ4n) is 2.12. The predicted octanol–water partition coefficient (Wildman–Crippen LogP) is 1.96. The van der Waals surface area contributed by atoms with Crippen molar-refractivity contribution in [3.05, 3.63) is 23.9 Å². The van der Waals surface area contributed by atoms with Gasteiger partial charge in [-0.05, 0) is 44.2 Å². The molecule has 1 aromatic rings. The summed E-state index contributed by atoms with van der Waals surface area (Å²) in [6.45, 7) is 2.91. The van der Waals surface area contributed by atoms with Gasteiger partial charge in [-0.3, -0.25) is 0 Å². The van der Waals surface area contributed by atoms with E-state index in [1.165, 1.54) is 0 Å². The molecule has 0 aromatic carbocycles. The van der Waals surface area contributed by atoms with Crippen molar-refractivity contribution in [3.63, 3.8) is 0 Å². The Bertz CT molecular complexity index is 327. The van der Waals surface area contributed by atoms with Crippen LogP contribution in [0.15, 0.2) is 18.2 Å². The van der Waals surface area contributed by atoms with Crippen molar-refractivity contribution < 1.29 is 5.11 Å². The number of nitrogens with one attached hydrogen (secondary N) is 1. The zero-order chi connectivity index (χ0) is 10.7. The minimum atomic E-state index is -0.0812. The number of aliphatic hydroxyl groups excluding tert-OH is 1. The van der Waals surface area contributed by atoms with Crippen LogP contribution in [0.2, 0.25) is 0 Å². The van der Waals surface area contributed by atoms with Crippen LogP contribution in [-0.2, 0) is 0 Å². The van der Waals surface area contributed by atoms with Crippen LogP contribution in [0.1, 0.15) is 25.0 Å². The van der Waals surface area contributed by atoms with Crippen LogP contribution >= 0.6 is 0 Å². The molecule has 1 aromatic heterocycles. The lowest BCUT2D eigenvalue weighted by Gasteiger charge is -2.11. The van der Waals surface area contributed by atoms with Gasteiger partial charge in [-0.1, -0.05) is 6.07 Å². The van der Waals surface area contributed by atoms with Gasteiger partial charge in [0.05, 0.1) is 6.10 Å². The maximum atomic E-state index is 9.40. The summed E-state index contributed by atoms with van der Waals surface area (Å²) in [6.07, 6.45) is 2.93. The Kier molecular flexibility index (Phi) is 3.21. The van der Waals surface area contributed by atoms with Crippen LogP contribution in [0.5, 0.6) is 0 Å². The van der Waals surface area contributed by atoms with Gasteiger partial charge in [0.25, 0.3) is 0 Å². The van der Waals surface area contributed by atoms with Crippen molar-refractivity contribution >= 4 is 5.82 Å². The third-order valence-electron chi connectivity index (χ3n) is 2.97. The molecule has 1 aliphatic rings. The summed E-state index contributed by atoms with van der Waals surface area (Å²) in [5.74, 6) is 1.54. The van der Waals surface area contributed by atoms with Crippen molar-refractivity contribution in [2.24, 2.45) is 5.92 Å². The number of aryl methyl sites for hydroxylation is 1. The molecule has 2 unspecified atom stereocenters. The Morgan fingerprint density at radius 3 is 3.00 bits per heavy atom. The van der Waals surface area contributed by atoms with Gasteiger partial charge in [-0.2, -0.15) is 0 Å². The molecule has 3 heteroatoms. The number of rotatable bonds is 3. The normalized spacial score (nSPS) is 25.5. The number of aliphatic hydroxyl groups is 1. The molecule has 0 amide bonds. The molecule has 1 saturated carbocycles. The van der Waals surface area contributed by atoms with E-state index in [0.29, 0.717) is 5.92 Å². The predicted molar refractivity (Wildman–Crippen MR) is 60.8 cm³/mol. The number of hydrogen-bond acceptors (Lipinski definition) is 3. The van der Waals surface area contributed by atoms with Gasteiger partial charge in [0.2, 0.25) is 0 Å². The zero-order valence-electron chi connectivity index (χ0n) is 9.11. The minimum absolute atomic E-state index is 0.0812. The Morgan fingerprint density at radius 1 is 1.47 bits per heavy atom. The van der Waals surface area contributed by atoms with E-state index >= 15 is 0 Å². The molecule has 2 atom stereocenters. The molecular formula is C12H18N2O. The molecule has 0 saturated heterocycles. The Balaban J connectivity index is 1.83. The second-order valence-corrected chi connectivity index (χ2v) is 4.38. The number of anilines is 1. The van der Waals surface area contributed by atoms with Crippen LogP contribution in [-0.4, -0.2) is 22.7 Å². The lowest BCUT2D eigenvalue weighted by atomic mass is 10.1. The fraction of sp³-hybridized carbons (Fsp3) is 0.583. The van der Waals surface area contributed by atoms with Crippen LogP contribution in [0.25, 0.3) is 0 Å². The first-order valence-electron chi connectivity index (χ1n) is 5.59. The van der Waals surface area contributed by atoms with Crippen molar-refractivity contribution in [1.82, 2.24) is 4.98 Å². The Hall–Kier alpha value is -1.09. The standard InChI is InChI=1S/C12H18N2O/c1-9-3-2-4-12(14-9)13-8-10-5-6-11(15)7-10/h2-4,10-11,15H,5-8H2,1H3,(H,13,14). The number of nitrogens with zero attached hydrogens (tertiary/aromatic N) is 1.